The highest BCUT2D eigenvalue weighted by atomic mass is 19.1. The number of aliphatic hydroxyl groups excluding tert-OH is 1. The van der Waals surface area contributed by atoms with Gasteiger partial charge in [0, 0.05) is 17.9 Å². The van der Waals surface area contributed by atoms with Crippen LogP contribution in [-0.2, 0) is 9.53 Å². The van der Waals surface area contributed by atoms with E-state index in [1.54, 1.807) is 26.0 Å². The van der Waals surface area contributed by atoms with Gasteiger partial charge in [0.15, 0.2) is 0 Å². The highest BCUT2D eigenvalue weighted by molar-refractivity contribution is 5.71. The van der Waals surface area contributed by atoms with Crippen LogP contribution in [0.4, 0.5) is 8.78 Å². The Balaban J connectivity index is 1.81. The maximum Gasteiger partial charge on any atom is 0.308 e. The number of ether oxygens (including phenoxy) is 2. The summed E-state index contributed by atoms with van der Waals surface area (Å²) in [5, 5.41) is 9.95. The van der Waals surface area contributed by atoms with E-state index >= 15 is 0 Å². The van der Waals surface area contributed by atoms with Crippen LogP contribution < -0.4 is 4.74 Å². The van der Waals surface area contributed by atoms with Gasteiger partial charge >= 0.3 is 5.97 Å². The van der Waals surface area contributed by atoms with Crippen molar-refractivity contribution in [1.82, 2.24) is 0 Å². The zero-order valence-corrected chi connectivity index (χ0v) is 20.4. The molecule has 4 nitrogen and oxygen atoms in total. The van der Waals surface area contributed by atoms with Crippen LogP contribution in [0.5, 0.6) is 5.75 Å². The topological polar surface area (TPSA) is 55.8 Å². The molecule has 0 saturated carbocycles. The normalized spacial score (nSPS) is 18.0. The van der Waals surface area contributed by atoms with E-state index in [-0.39, 0.29) is 24.7 Å². The molecular weight excluding hydrogens is 450 g/mol. The third-order valence-electron chi connectivity index (χ3n) is 6.47. The fraction of sp³-hybridized carbons (Fsp3) is 0.345. The number of hydrogen-bond donors (Lipinski definition) is 1. The van der Waals surface area contributed by atoms with Crippen LogP contribution in [0.1, 0.15) is 57.7 Å². The van der Waals surface area contributed by atoms with Gasteiger partial charge in [-0.2, -0.15) is 0 Å². The van der Waals surface area contributed by atoms with Crippen molar-refractivity contribution in [2.75, 3.05) is 6.61 Å². The molecule has 1 N–H and O–H groups in total. The molecule has 35 heavy (non-hydrogen) atoms. The molecule has 1 aliphatic heterocycles. The molecule has 3 aromatic carbocycles. The number of benzene rings is 3. The van der Waals surface area contributed by atoms with Crippen LogP contribution >= 0.6 is 0 Å². The summed E-state index contributed by atoms with van der Waals surface area (Å²) < 4.78 is 40.9. The van der Waals surface area contributed by atoms with Gasteiger partial charge in [0.25, 0.3) is 0 Å². The van der Waals surface area contributed by atoms with Crippen LogP contribution in [0, 0.1) is 39.3 Å². The third-order valence-corrected chi connectivity index (χ3v) is 6.47. The molecule has 1 saturated heterocycles. The van der Waals surface area contributed by atoms with Gasteiger partial charge in [-0.3, -0.25) is 4.79 Å². The highest BCUT2D eigenvalue weighted by Gasteiger charge is 2.29. The minimum absolute atomic E-state index is 0.0225. The molecular formula is C29H30F2O4. The second-order valence-electron chi connectivity index (χ2n) is 9.47. The lowest BCUT2D eigenvalue weighted by Gasteiger charge is -2.28. The predicted molar refractivity (Wildman–Crippen MR) is 130 cm³/mol. The smallest absolute Gasteiger partial charge is 0.308 e. The molecule has 2 unspecified atom stereocenters. The molecule has 0 aliphatic carbocycles. The van der Waals surface area contributed by atoms with Crippen molar-refractivity contribution >= 4 is 5.97 Å². The number of aliphatic hydroxyl groups is 1. The molecule has 184 valence electrons. The van der Waals surface area contributed by atoms with E-state index in [1.807, 2.05) is 38.1 Å². The maximum absolute atomic E-state index is 14.7. The average Bonchev–Trinajstić information content (AvgIpc) is 2.77. The molecule has 0 spiro atoms. The van der Waals surface area contributed by atoms with Gasteiger partial charge in [-0.1, -0.05) is 42.0 Å². The number of cyclic esters (lactones) is 1. The first kappa shape index (κ1) is 24.9. The number of carbonyl (C=O) groups excluding carboxylic acids is 1. The first-order chi connectivity index (χ1) is 16.6. The Morgan fingerprint density at radius 2 is 1.54 bits per heavy atom. The fourth-order valence-corrected chi connectivity index (χ4v) is 4.67. The fourth-order valence-electron chi connectivity index (χ4n) is 4.67. The molecule has 4 rings (SSSR count). The summed E-state index contributed by atoms with van der Waals surface area (Å²) in [4.78, 5) is 11.8. The summed E-state index contributed by atoms with van der Waals surface area (Å²) in [5.74, 6) is -1.06. The number of rotatable bonds is 6. The van der Waals surface area contributed by atoms with Crippen LogP contribution in [0.3, 0.4) is 0 Å². The maximum atomic E-state index is 14.7. The molecule has 0 aromatic heterocycles. The summed E-state index contributed by atoms with van der Waals surface area (Å²) >= 11 is 0. The Kier molecular flexibility index (Phi) is 7.22. The predicted octanol–water partition coefficient (Wildman–Crippen LogP) is 5.82. The molecule has 2 atom stereocenters. The lowest BCUT2D eigenvalue weighted by atomic mass is 9.82. The molecule has 0 amide bonds. The second kappa shape index (κ2) is 10.2. The average molecular weight is 481 g/mol. The van der Waals surface area contributed by atoms with E-state index in [0.29, 0.717) is 34.4 Å². The molecule has 0 radical (unpaired) electrons. The molecule has 1 heterocycles. The van der Waals surface area contributed by atoms with Gasteiger partial charge in [0.05, 0.1) is 12.5 Å². The van der Waals surface area contributed by atoms with E-state index in [2.05, 4.69) is 0 Å². The Morgan fingerprint density at radius 3 is 2.09 bits per heavy atom. The molecule has 1 aliphatic rings. The zero-order valence-electron chi connectivity index (χ0n) is 20.4. The third kappa shape index (κ3) is 5.54. The van der Waals surface area contributed by atoms with Crippen LogP contribution in [-0.4, -0.2) is 29.9 Å². The van der Waals surface area contributed by atoms with Crippen molar-refractivity contribution < 1.29 is 28.2 Å². The lowest BCUT2D eigenvalue weighted by molar-refractivity contribution is -0.162. The minimum atomic E-state index is -0.762. The van der Waals surface area contributed by atoms with Gasteiger partial charge in [0.1, 0.15) is 30.1 Å². The number of halogens is 2. The van der Waals surface area contributed by atoms with Gasteiger partial charge < -0.3 is 14.6 Å². The quantitative estimate of drug-likeness (QED) is 0.357. The van der Waals surface area contributed by atoms with Gasteiger partial charge in [-0.15, -0.1) is 0 Å². The lowest BCUT2D eigenvalue weighted by Crippen LogP contribution is -2.36. The monoisotopic (exact) mass is 480 g/mol. The van der Waals surface area contributed by atoms with E-state index < -0.39 is 24.1 Å². The molecule has 1 fully saturated rings. The Hall–Kier alpha value is -3.25. The number of esters is 1. The second-order valence-corrected chi connectivity index (χ2v) is 9.47. The Labute approximate surface area is 204 Å². The zero-order chi connectivity index (χ0) is 25.3. The van der Waals surface area contributed by atoms with Gasteiger partial charge in [-0.25, -0.2) is 8.78 Å². The van der Waals surface area contributed by atoms with Crippen molar-refractivity contribution in [3.05, 3.63) is 99.1 Å². The van der Waals surface area contributed by atoms with Crippen LogP contribution in [0.2, 0.25) is 0 Å². The van der Waals surface area contributed by atoms with Crippen LogP contribution in [0.15, 0.2) is 48.5 Å². The van der Waals surface area contributed by atoms with Crippen molar-refractivity contribution in [3.63, 3.8) is 0 Å². The first-order valence-electron chi connectivity index (χ1n) is 11.8. The molecule has 6 heteroatoms. The van der Waals surface area contributed by atoms with E-state index in [4.69, 9.17) is 9.47 Å². The molecule has 3 aromatic rings. The minimum Gasteiger partial charge on any atom is -0.489 e. The summed E-state index contributed by atoms with van der Waals surface area (Å²) in [7, 11) is 0. The Morgan fingerprint density at radius 1 is 0.943 bits per heavy atom. The van der Waals surface area contributed by atoms with E-state index in [0.717, 1.165) is 16.7 Å². The summed E-state index contributed by atoms with van der Waals surface area (Å²) in [6.45, 7) is 7.34. The van der Waals surface area contributed by atoms with Gasteiger partial charge in [-0.05, 0) is 67.6 Å². The summed E-state index contributed by atoms with van der Waals surface area (Å²) in [6, 6.07) is 14.0. The largest absolute Gasteiger partial charge is 0.489 e. The van der Waals surface area contributed by atoms with E-state index in [9.17, 15) is 18.7 Å². The molecule has 0 bridgehead atoms. The number of carbonyl (C=O) groups is 1. The van der Waals surface area contributed by atoms with Crippen LogP contribution in [0.25, 0.3) is 0 Å². The van der Waals surface area contributed by atoms with Crippen molar-refractivity contribution in [3.8, 4) is 5.75 Å². The van der Waals surface area contributed by atoms with Gasteiger partial charge in [0.2, 0.25) is 0 Å². The van der Waals surface area contributed by atoms with E-state index in [1.165, 1.54) is 12.1 Å². The Bertz CT molecular complexity index is 1200. The standard InChI is InChI=1S/C29H30F2O4/c1-16-9-19(4)29(34-15-23-13-22(32)14-27(33)35-23)24(10-16)28(20-7-5-17(2)25(30)11-20)21-8-6-18(3)26(31)12-21/h5-12,22-23,28,32H,13-15H2,1-4H3. The number of hydrogen-bond acceptors (Lipinski definition) is 4. The summed E-state index contributed by atoms with van der Waals surface area (Å²) in [5.41, 5.74) is 4.99. The van der Waals surface area contributed by atoms with Crippen molar-refractivity contribution in [1.29, 1.82) is 0 Å². The highest BCUT2D eigenvalue weighted by Crippen LogP contribution is 2.40. The van der Waals surface area contributed by atoms with Crippen molar-refractivity contribution in [2.45, 2.75) is 58.7 Å². The van der Waals surface area contributed by atoms with Crippen molar-refractivity contribution in [2.24, 2.45) is 0 Å². The SMILES string of the molecule is Cc1cc(C)c(OCC2CC(O)CC(=O)O2)c(C(c2ccc(C)c(F)c2)c2ccc(C)c(F)c2)c1. The summed E-state index contributed by atoms with van der Waals surface area (Å²) in [6.07, 6.45) is -1.07. The number of aryl methyl sites for hydroxylation is 4. The first-order valence-corrected chi connectivity index (χ1v) is 11.8.